The van der Waals surface area contributed by atoms with Crippen LogP contribution in [0.4, 0.5) is 5.69 Å². The number of para-hydroxylation sites is 1. The number of hydrogen-bond acceptors (Lipinski definition) is 4. The van der Waals surface area contributed by atoms with Crippen molar-refractivity contribution in [2.24, 2.45) is 0 Å². The Bertz CT molecular complexity index is 1140. The SMILES string of the molecule is COc1ccc(OC(CCC(=O)Nc2cccc3cccnc23)c2ccccc2)cc1. The van der Waals surface area contributed by atoms with Crippen molar-refractivity contribution in [3.63, 3.8) is 0 Å². The van der Waals surface area contributed by atoms with Crippen LogP contribution in [-0.4, -0.2) is 18.0 Å². The van der Waals surface area contributed by atoms with Crippen LogP contribution in [0.3, 0.4) is 0 Å². The van der Waals surface area contributed by atoms with Crippen molar-refractivity contribution in [1.29, 1.82) is 0 Å². The number of carbonyl (C=O) groups excluding carboxylic acids is 1. The Balaban J connectivity index is 1.45. The van der Waals surface area contributed by atoms with Crippen molar-refractivity contribution in [3.8, 4) is 11.5 Å². The Morgan fingerprint density at radius 1 is 0.903 bits per heavy atom. The van der Waals surface area contributed by atoms with Gasteiger partial charge in [0.25, 0.3) is 0 Å². The van der Waals surface area contributed by atoms with Crippen LogP contribution in [0.25, 0.3) is 10.9 Å². The van der Waals surface area contributed by atoms with Gasteiger partial charge in [-0.25, -0.2) is 0 Å². The fraction of sp³-hybridized carbons (Fsp3) is 0.154. The minimum absolute atomic E-state index is 0.0718. The van der Waals surface area contributed by atoms with Crippen LogP contribution in [-0.2, 0) is 4.79 Å². The van der Waals surface area contributed by atoms with Gasteiger partial charge in [0.2, 0.25) is 5.91 Å². The molecule has 0 aliphatic carbocycles. The van der Waals surface area contributed by atoms with Crippen molar-refractivity contribution >= 4 is 22.5 Å². The van der Waals surface area contributed by atoms with Gasteiger partial charge < -0.3 is 14.8 Å². The van der Waals surface area contributed by atoms with Gasteiger partial charge in [-0.15, -0.1) is 0 Å². The summed E-state index contributed by atoms with van der Waals surface area (Å²) in [5, 5.41) is 3.99. The third-order valence-corrected chi connectivity index (χ3v) is 5.05. The lowest BCUT2D eigenvalue weighted by molar-refractivity contribution is -0.116. The van der Waals surface area contributed by atoms with Crippen LogP contribution in [0.15, 0.2) is 91.1 Å². The maximum absolute atomic E-state index is 12.7. The molecule has 5 nitrogen and oxygen atoms in total. The molecule has 0 bridgehead atoms. The summed E-state index contributed by atoms with van der Waals surface area (Å²) >= 11 is 0. The maximum Gasteiger partial charge on any atom is 0.224 e. The third kappa shape index (κ3) is 5.20. The number of rotatable bonds is 8. The lowest BCUT2D eigenvalue weighted by Crippen LogP contribution is -2.15. The topological polar surface area (TPSA) is 60.5 Å². The number of anilines is 1. The number of methoxy groups -OCH3 is 1. The summed E-state index contributed by atoms with van der Waals surface area (Å²) in [7, 11) is 1.63. The average Bonchev–Trinajstić information content (AvgIpc) is 2.83. The predicted octanol–water partition coefficient (Wildman–Crippen LogP) is 5.78. The Morgan fingerprint density at radius 2 is 1.65 bits per heavy atom. The molecular weight excluding hydrogens is 388 g/mol. The van der Waals surface area contributed by atoms with Gasteiger partial charge in [0.1, 0.15) is 17.6 Å². The molecule has 1 heterocycles. The van der Waals surface area contributed by atoms with E-state index in [1.807, 2.05) is 84.9 Å². The number of carbonyl (C=O) groups is 1. The molecule has 5 heteroatoms. The number of amides is 1. The van der Waals surface area contributed by atoms with E-state index in [1.165, 1.54) is 0 Å². The van der Waals surface area contributed by atoms with E-state index >= 15 is 0 Å². The average molecular weight is 412 g/mol. The molecule has 0 saturated heterocycles. The fourth-order valence-electron chi connectivity index (χ4n) is 3.46. The molecule has 4 aromatic rings. The molecule has 1 aromatic heterocycles. The standard InChI is InChI=1S/C26H24N2O3/c1-30-21-12-14-22(15-13-21)31-24(19-7-3-2-4-8-19)16-17-25(29)28-23-11-5-9-20-10-6-18-27-26(20)23/h2-15,18,24H,16-17H2,1H3,(H,28,29). The lowest BCUT2D eigenvalue weighted by Gasteiger charge is -2.20. The highest BCUT2D eigenvalue weighted by molar-refractivity contribution is 6.00. The summed E-state index contributed by atoms with van der Waals surface area (Å²) in [5.74, 6) is 1.43. The zero-order chi connectivity index (χ0) is 21.5. The van der Waals surface area contributed by atoms with E-state index in [0.29, 0.717) is 12.8 Å². The van der Waals surface area contributed by atoms with Crippen LogP contribution in [0.5, 0.6) is 11.5 Å². The number of aromatic nitrogens is 1. The Kier molecular flexibility index (Phi) is 6.43. The van der Waals surface area contributed by atoms with Crippen molar-refractivity contribution < 1.29 is 14.3 Å². The normalized spacial score (nSPS) is 11.6. The zero-order valence-corrected chi connectivity index (χ0v) is 17.3. The lowest BCUT2D eigenvalue weighted by atomic mass is 10.0. The first-order chi connectivity index (χ1) is 15.2. The summed E-state index contributed by atoms with van der Waals surface area (Å²) in [6.07, 6.45) is 2.34. The molecule has 0 fully saturated rings. The molecule has 1 unspecified atom stereocenters. The van der Waals surface area contributed by atoms with E-state index in [0.717, 1.165) is 33.7 Å². The molecule has 0 aliphatic heterocycles. The van der Waals surface area contributed by atoms with E-state index in [4.69, 9.17) is 9.47 Å². The molecule has 0 spiro atoms. The molecule has 31 heavy (non-hydrogen) atoms. The third-order valence-electron chi connectivity index (χ3n) is 5.05. The summed E-state index contributed by atoms with van der Waals surface area (Å²) < 4.78 is 11.4. The molecule has 1 N–H and O–H groups in total. The van der Waals surface area contributed by atoms with Crippen LogP contribution >= 0.6 is 0 Å². The number of benzene rings is 3. The summed E-state index contributed by atoms with van der Waals surface area (Å²) in [5.41, 5.74) is 2.53. The van der Waals surface area contributed by atoms with Crippen molar-refractivity contribution in [1.82, 2.24) is 4.98 Å². The Morgan fingerprint density at radius 3 is 2.42 bits per heavy atom. The van der Waals surface area contributed by atoms with E-state index in [9.17, 15) is 4.79 Å². The maximum atomic E-state index is 12.7. The Labute approximate surface area is 181 Å². The van der Waals surface area contributed by atoms with E-state index in [-0.39, 0.29) is 12.0 Å². The number of hydrogen-bond donors (Lipinski definition) is 1. The largest absolute Gasteiger partial charge is 0.497 e. The summed E-state index contributed by atoms with van der Waals surface area (Å²) in [4.78, 5) is 17.1. The number of pyridine rings is 1. The molecule has 0 radical (unpaired) electrons. The van der Waals surface area contributed by atoms with E-state index < -0.39 is 0 Å². The smallest absolute Gasteiger partial charge is 0.224 e. The van der Waals surface area contributed by atoms with E-state index in [1.54, 1.807) is 13.3 Å². The molecule has 0 aliphatic rings. The highest BCUT2D eigenvalue weighted by Crippen LogP contribution is 2.28. The predicted molar refractivity (Wildman–Crippen MR) is 122 cm³/mol. The highest BCUT2D eigenvalue weighted by Gasteiger charge is 2.16. The second-order valence-corrected chi connectivity index (χ2v) is 7.16. The zero-order valence-electron chi connectivity index (χ0n) is 17.3. The molecule has 1 atom stereocenters. The van der Waals surface area contributed by atoms with E-state index in [2.05, 4.69) is 10.3 Å². The van der Waals surface area contributed by atoms with Crippen LogP contribution in [0.2, 0.25) is 0 Å². The quantitative estimate of drug-likeness (QED) is 0.398. The minimum Gasteiger partial charge on any atom is -0.497 e. The first-order valence-corrected chi connectivity index (χ1v) is 10.2. The second-order valence-electron chi connectivity index (χ2n) is 7.16. The number of ether oxygens (including phenoxy) is 2. The molecule has 0 saturated carbocycles. The number of fused-ring (bicyclic) bond motifs is 1. The molecule has 156 valence electrons. The second kappa shape index (κ2) is 9.76. The van der Waals surface area contributed by atoms with Gasteiger partial charge in [-0.3, -0.25) is 9.78 Å². The summed E-state index contributed by atoms with van der Waals surface area (Å²) in [6.45, 7) is 0. The van der Waals surface area contributed by atoms with Crippen LogP contribution in [0.1, 0.15) is 24.5 Å². The van der Waals surface area contributed by atoms with Crippen molar-refractivity contribution in [2.45, 2.75) is 18.9 Å². The molecular formula is C26H24N2O3. The van der Waals surface area contributed by atoms with Gasteiger partial charge in [0.15, 0.2) is 0 Å². The van der Waals surface area contributed by atoms with Crippen LogP contribution < -0.4 is 14.8 Å². The van der Waals surface area contributed by atoms with Gasteiger partial charge in [-0.2, -0.15) is 0 Å². The highest BCUT2D eigenvalue weighted by atomic mass is 16.5. The van der Waals surface area contributed by atoms with Gasteiger partial charge in [0.05, 0.1) is 18.3 Å². The molecule has 1 amide bonds. The minimum atomic E-state index is -0.244. The number of nitrogens with one attached hydrogen (secondary N) is 1. The van der Waals surface area contributed by atoms with Gasteiger partial charge in [0, 0.05) is 18.0 Å². The first-order valence-electron chi connectivity index (χ1n) is 10.2. The van der Waals surface area contributed by atoms with Crippen molar-refractivity contribution in [3.05, 3.63) is 96.7 Å². The van der Waals surface area contributed by atoms with Crippen LogP contribution in [0, 0.1) is 0 Å². The van der Waals surface area contributed by atoms with Crippen molar-refractivity contribution in [2.75, 3.05) is 12.4 Å². The molecule has 3 aromatic carbocycles. The van der Waals surface area contributed by atoms with Gasteiger partial charge >= 0.3 is 0 Å². The first kappa shape index (κ1) is 20.4. The van der Waals surface area contributed by atoms with Gasteiger partial charge in [-0.05, 0) is 48.4 Å². The molecule has 4 rings (SSSR count). The monoisotopic (exact) mass is 412 g/mol. The number of nitrogens with zero attached hydrogens (tertiary/aromatic N) is 1. The van der Waals surface area contributed by atoms with Gasteiger partial charge in [-0.1, -0.05) is 48.5 Å². The summed E-state index contributed by atoms with van der Waals surface area (Å²) in [6, 6.07) is 27.0. The fourth-order valence-corrected chi connectivity index (χ4v) is 3.46. The Hall–Kier alpha value is -3.86.